The van der Waals surface area contributed by atoms with Crippen molar-refractivity contribution in [2.24, 2.45) is 0 Å². The molecule has 0 spiro atoms. The summed E-state index contributed by atoms with van der Waals surface area (Å²) >= 11 is 0. The predicted octanol–water partition coefficient (Wildman–Crippen LogP) is 3.42. The maximum absolute atomic E-state index is 11.8. The lowest BCUT2D eigenvalue weighted by molar-refractivity contribution is 0.236. The molecule has 5 nitrogen and oxygen atoms in total. The van der Waals surface area contributed by atoms with Crippen LogP contribution in [0.3, 0.4) is 0 Å². The Bertz CT molecular complexity index is 864. The summed E-state index contributed by atoms with van der Waals surface area (Å²) in [4.78, 5) is 16.1. The number of benzene rings is 2. The highest BCUT2D eigenvalue weighted by Gasteiger charge is 2.02. The van der Waals surface area contributed by atoms with Gasteiger partial charge in [0.25, 0.3) is 0 Å². The monoisotopic (exact) mass is 335 g/mol. The van der Waals surface area contributed by atoms with Gasteiger partial charge in [-0.2, -0.15) is 0 Å². The molecule has 0 bridgehead atoms. The number of ether oxygens (including phenoxy) is 1. The van der Waals surface area contributed by atoms with E-state index in [4.69, 9.17) is 4.74 Å². The molecule has 0 aliphatic rings. The molecule has 5 heteroatoms. The summed E-state index contributed by atoms with van der Waals surface area (Å²) in [6.07, 6.45) is 1.77. The van der Waals surface area contributed by atoms with E-state index in [2.05, 4.69) is 15.6 Å². The topological polar surface area (TPSA) is 63.2 Å². The molecule has 3 aromatic rings. The van der Waals surface area contributed by atoms with Gasteiger partial charge in [0.2, 0.25) is 0 Å². The van der Waals surface area contributed by atoms with Crippen molar-refractivity contribution in [1.82, 2.24) is 15.6 Å². The van der Waals surface area contributed by atoms with Crippen LogP contribution in [0, 0.1) is 6.92 Å². The Hall–Kier alpha value is -3.08. The van der Waals surface area contributed by atoms with Gasteiger partial charge in [-0.15, -0.1) is 0 Å². The molecule has 1 aromatic heterocycles. The van der Waals surface area contributed by atoms with Crippen molar-refractivity contribution in [1.29, 1.82) is 0 Å². The third-order valence-electron chi connectivity index (χ3n) is 3.93. The van der Waals surface area contributed by atoms with Gasteiger partial charge >= 0.3 is 6.03 Å². The van der Waals surface area contributed by atoms with E-state index in [-0.39, 0.29) is 6.03 Å². The molecule has 2 aromatic carbocycles. The molecule has 0 saturated carbocycles. The average Bonchev–Trinajstić information content (AvgIpc) is 2.64. The second-order valence-electron chi connectivity index (χ2n) is 5.74. The molecular formula is C20H21N3O2. The van der Waals surface area contributed by atoms with Gasteiger partial charge in [0.15, 0.2) is 0 Å². The first-order valence-corrected chi connectivity index (χ1v) is 8.26. The van der Waals surface area contributed by atoms with Crippen molar-refractivity contribution in [3.05, 3.63) is 71.9 Å². The van der Waals surface area contributed by atoms with Gasteiger partial charge < -0.3 is 15.4 Å². The second kappa shape index (κ2) is 8.15. The largest absolute Gasteiger partial charge is 0.492 e. The van der Waals surface area contributed by atoms with Crippen molar-refractivity contribution in [2.75, 3.05) is 13.2 Å². The van der Waals surface area contributed by atoms with Crippen LogP contribution in [0.5, 0.6) is 5.75 Å². The maximum atomic E-state index is 11.8. The summed E-state index contributed by atoms with van der Waals surface area (Å²) in [7, 11) is 0. The second-order valence-corrected chi connectivity index (χ2v) is 5.74. The van der Waals surface area contributed by atoms with Crippen molar-refractivity contribution >= 4 is 16.9 Å². The zero-order valence-electron chi connectivity index (χ0n) is 14.2. The van der Waals surface area contributed by atoms with Crippen LogP contribution in [-0.4, -0.2) is 24.2 Å². The van der Waals surface area contributed by atoms with Gasteiger partial charge in [0.1, 0.15) is 12.4 Å². The SMILES string of the molecule is Cc1ccccc1CNC(=O)NCCOc1ccc2ncccc2c1. The summed E-state index contributed by atoms with van der Waals surface area (Å²) in [6, 6.07) is 17.4. The molecule has 1 heterocycles. The minimum atomic E-state index is -0.199. The van der Waals surface area contributed by atoms with E-state index in [1.54, 1.807) is 6.20 Å². The lowest BCUT2D eigenvalue weighted by Crippen LogP contribution is -2.37. The lowest BCUT2D eigenvalue weighted by Gasteiger charge is -2.10. The Balaban J connectivity index is 1.40. The number of rotatable bonds is 6. The average molecular weight is 335 g/mol. The van der Waals surface area contributed by atoms with Gasteiger partial charge in [-0.05, 0) is 42.3 Å². The lowest BCUT2D eigenvalue weighted by atomic mass is 10.1. The normalized spacial score (nSPS) is 10.4. The van der Waals surface area contributed by atoms with Gasteiger partial charge in [-0.25, -0.2) is 4.79 Å². The smallest absolute Gasteiger partial charge is 0.315 e. The first-order valence-electron chi connectivity index (χ1n) is 8.26. The molecule has 0 fully saturated rings. The van der Waals surface area contributed by atoms with Crippen molar-refractivity contribution in [2.45, 2.75) is 13.5 Å². The number of aromatic nitrogens is 1. The number of hydrogen-bond acceptors (Lipinski definition) is 3. The van der Waals surface area contributed by atoms with Gasteiger partial charge in [0.05, 0.1) is 12.1 Å². The number of carbonyl (C=O) groups is 1. The molecule has 0 unspecified atom stereocenters. The zero-order chi connectivity index (χ0) is 17.5. The van der Waals surface area contributed by atoms with Gasteiger partial charge in [-0.1, -0.05) is 30.3 Å². The van der Waals surface area contributed by atoms with E-state index < -0.39 is 0 Å². The Morgan fingerprint density at radius 2 is 1.96 bits per heavy atom. The van der Waals surface area contributed by atoms with Crippen molar-refractivity contribution < 1.29 is 9.53 Å². The Morgan fingerprint density at radius 1 is 1.08 bits per heavy atom. The Labute approximate surface area is 147 Å². The standard InChI is InChI=1S/C20H21N3O2/c1-15-5-2-3-6-17(15)14-23-20(24)22-11-12-25-18-8-9-19-16(13-18)7-4-10-21-19/h2-10,13H,11-12,14H2,1H3,(H2,22,23,24). The number of hydrogen-bond donors (Lipinski definition) is 2. The zero-order valence-corrected chi connectivity index (χ0v) is 14.2. The summed E-state index contributed by atoms with van der Waals surface area (Å²) in [6.45, 7) is 3.38. The Morgan fingerprint density at radius 3 is 2.84 bits per heavy atom. The van der Waals surface area contributed by atoms with E-state index in [1.165, 1.54) is 0 Å². The van der Waals surface area contributed by atoms with Crippen LogP contribution in [-0.2, 0) is 6.54 Å². The number of nitrogens with zero attached hydrogens (tertiary/aromatic N) is 1. The summed E-state index contributed by atoms with van der Waals surface area (Å²) in [5.41, 5.74) is 3.21. The van der Waals surface area contributed by atoms with E-state index >= 15 is 0 Å². The van der Waals surface area contributed by atoms with Crippen LogP contribution >= 0.6 is 0 Å². The number of urea groups is 1. The predicted molar refractivity (Wildman–Crippen MR) is 98.7 cm³/mol. The third kappa shape index (κ3) is 4.70. The molecule has 25 heavy (non-hydrogen) atoms. The van der Waals surface area contributed by atoms with E-state index in [9.17, 15) is 4.79 Å². The van der Waals surface area contributed by atoms with Crippen LogP contribution in [0.4, 0.5) is 4.79 Å². The van der Waals surface area contributed by atoms with Gasteiger partial charge in [-0.3, -0.25) is 4.98 Å². The molecule has 0 aliphatic heterocycles. The van der Waals surface area contributed by atoms with Crippen LogP contribution < -0.4 is 15.4 Å². The van der Waals surface area contributed by atoms with Crippen molar-refractivity contribution in [3.8, 4) is 5.75 Å². The summed E-state index contributed by atoms with van der Waals surface area (Å²) in [5, 5.41) is 6.67. The van der Waals surface area contributed by atoms with Crippen molar-refractivity contribution in [3.63, 3.8) is 0 Å². The number of carbonyl (C=O) groups excluding carboxylic acids is 1. The first kappa shape index (κ1) is 16.8. The molecular weight excluding hydrogens is 314 g/mol. The van der Waals surface area contributed by atoms with Gasteiger partial charge in [0, 0.05) is 18.1 Å². The fraction of sp³-hybridized carbons (Fsp3) is 0.200. The van der Waals surface area contributed by atoms with Crippen LogP contribution in [0.1, 0.15) is 11.1 Å². The number of amides is 2. The van der Waals surface area contributed by atoms with E-state index in [1.807, 2.05) is 61.5 Å². The fourth-order valence-electron chi connectivity index (χ4n) is 2.52. The molecule has 0 saturated heterocycles. The molecule has 0 atom stereocenters. The fourth-order valence-corrected chi connectivity index (χ4v) is 2.52. The quantitative estimate of drug-likeness (QED) is 0.679. The van der Waals surface area contributed by atoms with Crippen LogP contribution in [0.2, 0.25) is 0 Å². The third-order valence-corrected chi connectivity index (χ3v) is 3.93. The molecule has 2 amide bonds. The van der Waals surface area contributed by atoms with E-state index in [0.717, 1.165) is 27.8 Å². The minimum absolute atomic E-state index is 0.199. The highest BCUT2D eigenvalue weighted by molar-refractivity contribution is 5.79. The minimum Gasteiger partial charge on any atom is -0.492 e. The Kier molecular flexibility index (Phi) is 5.46. The summed E-state index contributed by atoms with van der Waals surface area (Å²) < 4.78 is 5.68. The summed E-state index contributed by atoms with van der Waals surface area (Å²) in [5.74, 6) is 0.766. The maximum Gasteiger partial charge on any atom is 0.315 e. The number of fused-ring (bicyclic) bond motifs is 1. The van der Waals surface area contributed by atoms with Crippen LogP contribution in [0.15, 0.2) is 60.8 Å². The first-order chi connectivity index (χ1) is 12.2. The number of aryl methyl sites for hydroxylation is 1. The molecule has 128 valence electrons. The highest BCUT2D eigenvalue weighted by Crippen LogP contribution is 2.18. The number of pyridine rings is 1. The molecule has 0 aliphatic carbocycles. The highest BCUT2D eigenvalue weighted by atomic mass is 16.5. The van der Waals surface area contributed by atoms with E-state index in [0.29, 0.717) is 19.7 Å². The van der Waals surface area contributed by atoms with Crippen LogP contribution in [0.25, 0.3) is 10.9 Å². The molecule has 2 N–H and O–H groups in total. The molecule has 3 rings (SSSR count). The number of nitrogens with one attached hydrogen (secondary N) is 2. The molecule has 0 radical (unpaired) electrons.